The summed E-state index contributed by atoms with van der Waals surface area (Å²) in [6, 6.07) is 12.9. The highest BCUT2D eigenvalue weighted by molar-refractivity contribution is 7.91. The summed E-state index contributed by atoms with van der Waals surface area (Å²) in [5, 5.41) is 2.77. The molecule has 0 saturated carbocycles. The highest BCUT2D eigenvalue weighted by Gasteiger charge is 2.26. The molecule has 0 saturated heterocycles. The van der Waals surface area contributed by atoms with E-state index in [-0.39, 0.29) is 16.3 Å². The van der Waals surface area contributed by atoms with Crippen LogP contribution in [0.1, 0.15) is 22.4 Å². The molecule has 1 aromatic heterocycles. The van der Waals surface area contributed by atoms with Gasteiger partial charge in [-0.05, 0) is 86.8 Å². The minimum absolute atomic E-state index is 0.0199. The van der Waals surface area contributed by atoms with E-state index in [9.17, 15) is 18.0 Å². The maximum atomic E-state index is 13.2. The summed E-state index contributed by atoms with van der Waals surface area (Å²) in [6.07, 6.45) is 0. The number of carbonyl (C=O) groups excluding carboxylic acids is 1. The van der Waals surface area contributed by atoms with Crippen molar-refractivity contribution >= 4 is 21.4 Å². The molecule has 0 atom stereocenters. The average Bonchev–Trinajstić information content (AvgIpc) is 2.73. The Morgan fingerprint density at radius 2 is 1.59 bits per heavy atom. The van der Waals surface area contributed by atoms with Crippen molar-refractivity contribution in [3.8, 4) is 5.75 Å². The molecular weight excluding hydrogens is 428 g/mol. The molecule has 1 amide bonds. The van der Waals surface area contributed by atoms with E-state index in [1.165, 1.54) is 35.9 Å². The second-order valence-corrected chi connectivity index (χ2v) is 9.60. The van der Waals surface area contributed by atoms with Crippen LogP contribution < -0.4 is 15.6 Å². The van der Waals surface area contributed by atoms with Gasteiger partial charge in [-0.15, -0.1) is 0 Å². The van der Waals surface area contributed by atoms with E-state index >= 15 is 0 Å². The van der Waals surface area contributed by atoms with Crippen molar-refractivity contribution < 1.29 is 17.9 Å². The zero-order valence-corrected chi connectivity index (χ0v) is 19.5. The first-order valence-corrected chi connectivity index (χ1v) is 11.5. The third-order valence-corrected chi connectivity index (χ3v) is 7.31. The van der Waals surface area contributed by atoms with Crippen LogP contribution >= 0.6 is 0 Å². The van der Waals surface area contributed by atoms with Crippen LogP contribution in [0.15, 0.2) is 63.1 Å². The van der Waals surface area contributed by atoms with Gasteiger partial charge in [-0.1, -0.05) is 6.07 Å². The SMILES string of the molecule is COc1ccc(S(=O)(=O)c2c(C)cc(C)n(CC(=O)Nc3ccc(C)c(C)c3)c2=O)cc1. The van der Waals surface area contributed by atoms with Crippen LogP contribution in [0.5, 0.6) is 5.75 Å². The fraction of sp³-hybridized carbons (Fsp3) is 0.250. The number of pyridine rings is 1. The highest BCUT2D eigenvalue weighted by Crippen LogP contribution is 2.24. The molecule has 7 nitrogen and oxygen atoms in total. The Kier molecular flexibility index (Phi) is 6.55. The quantitative estimate of drug-likeness (QED) is 0.615. The summed E-state index contributed by atoms with van der Waals surface area (Å²) in [4.78, 5) is 25.5. The molecule has 1 N–H and O–H groups in total. The summed E-state index contributed by atoms with van der Waals surface area (Å²) in [5.74, 6) is 0.0834. The van der Waals surface area contributed by atoms with Gasteiger partial charge in [0.25, 0.3) is 5.56 Å². The van der Waals surface area contributed by atoms with E-state index < -0.39 is 21.3 Å². The van der Waals surface area contributed by atoms with E-state index in [0.717, 1.165) is 11.1 Å². The lowest BCUT2D eigenvalue weighted by molar-refractivity contribution is -0.116. The number of amides is 1. The second-order valence-electron chi connectivity index (χ2n) is 7.72. The minimum atomic E-state index is -4.09. The molecule has 0 fully saturated rings. The number of carbonyl (C=O) groups is 1. The number of nitrogens with zero attached hydrogens (tertiary/aromatic N) is 1. The summed E-state index contributed by atoms with van der Waals surface area (Å²) in [7, 11) is -2.61. The van der Waals surface area contributed by atoms with Gasteiger partial charge in [-0.25, -0.2) is 8.42 Å². The van der Waals surface area contributed by atoms with Gasteiger partial charge >= 0.3 is 0 Å². The molecule has 3 aromatic rings. The molecule has 168 valence electrons. The Morgan fingerprint density at radius 3 is 2.19 bits per heavy atom. The lowest BCUT2D eigenvalue weighted by atomic mass is 10.1. The molecule has 2 aromatic carbocycles. The van der Waals surface area contributed by atoms with Crippen LogP contribution in [-0.4, -0.2) is 26.0 Å². The summed E-state index contributed by atoms with van der Waals surface area (Å²) in [6.45, 7) is 6.85. The Balaban J connectivity index is 1.98. The number of aromatic nitrogens is 1. The van der Waals surface area contributed by atoms with Crippen molar-refractivity contribution in [1.82, 2.24) is 4.57 Å². The number of aryl methyl sites for hydroxylation is 4. The van der Waals surface area contributed by atoms with Crippen LogP contribution in [0.25, 0.3) is 0 Å². The number of hydrogen-bond acceptors (Lipinski definition) is 5. The molecule has 0 aliphatic heterocycles. The predicted molar refractivity (Wildman–Crippen MR) is 123 cm³/mol. The van der Waals surface area contributed by atoms with Crippen molar-refractivity contribution in [1.29, 1.82) is 0 Å². The summed E-state index contributed by atoms with van der Waals surface area (Å²) >= 11 is 0. The van der Waals surface area contributed by atoms with Crippen LogP contribution in [-0.2, 0) is 21.2 Å². The second kappa shape index (κ2) is 9.00. The summed E-state index contributed by atoms with van der Waals surface area (Å²) < 4.78 is 32.7. The first-order chi connectivity index (χ1) is 15.0. The predicted octanol–water partition coefficient (Wildman–Crippen LogP) is 3.56. The number of ether oxygens (including phenoxy) is 1. The Morgan fingerprint density at radius 1 is 0.938 bits per heavy atom. The van der Waals surface area contributed by atoms with E-state index in [1.54, 1.807) is 26.0 Å². The first-order valence-electron chi connectivity index (χ1n) is 10.0. The topological polar surface area (TPSA) is 94.5 Å². The number of methoxy groups -OCH3 is 1. The molecule has 0 aliphatic carbocycles. The van der Waals surface area contributed by atoms with Gasteiger partial charge < -0.3 is 14.6 Å². The normalized spacial score (nSPS) is 11.3. The average molecular weight is 455 g/mol. The van der Waals surface area contributed by atoms with Crippen LogP contribution in [0, 0.1) is 27.7 Å². The molecule has 8 heteroatoms. The smallest absolute Gasteiger partial charge is 0.270 e. The lowest BCUT2D eigenvalue weighted by Crippen LogP contribution is -2.33. The number of hydrogen-bond donors (Lipinski definition) is 1. The van der Waals surface area contributed by atoms with Crippen LogP contribution in [0.2, 0.25) is 0 Å². The van der Waals surface area contributed by atoms with Crippen LogP contribution in [0.3, 0.4) is 0 Å². The number of benzene rings is 2. The molecular formula is C24H26N2O5S. The third kappa shape index (κ3) is 4.60. The molecule has 0 aliphatic rings. The molecule has 1 heterocycles. The zero-order chi connectivity index (χ0) is 23.6. The summed E-state index contributed by atoms with van der Waals surface area (Å²) in [5.41, 5.74) is 2.84. The van der Waals surface area contributed by atoms with Gasteiger partial charge in [0.15, 0.2) is 0 Å². The Bertz CT molecular complexity index is 1340. The number of nitrogens with one attached hydrogen (secondary N) is 1. The van der Waals surface area contributed by atoms with Crippen molar-refractivity contribution in [3.05, 3.63) is 81.3 Å². The van der Waals surface area contributed by atoms with E-state index in [2.05, 4.69) is 5.32 Å². The highest BCUT2D eigenvalue weighted by atomic mass is 32.2. The van der Waals surface area contributed by atoms with E-state index in [0.29, 0.717) is 22.7 Å². The van der Waals surface area contributed by atoms with Gasteiger partial charge in [-0.2, -0.15) is 0 Å². The number of anilines is 1. The third-order valence-electron chi connectivity index (χ3n) is 5.38. The molecule has 3 rings (SSSR count). The Hall–Kier alpha value is -3.39. The van der Waals surface area contributed by atoms with Crippen molar-refractivity contribution in [2.45, 2.75) is 44.0 Å². The molecule has 0 unspecified atom stereocenters. The molecule has 0 bridgehead atoms. The van der Waals surface area contributed by atoms with Gasteiger partial charge in [0.2, 0.25) is 15.7 Å². The minimum Gasteiger partial charge on any atom is -0.497 e. The zero-order valence-electron chi connectivity index (χ0n) is 18.7. The lowest BCUT2D eigenvalue weighted by Gasteiger charge is -2.15. The molecule has 32 heavy (non-hydrogen) atoms. The van der Waals surface area contributed by atoms with Gasteiger partial charge in [-0.3, -0.25) is 9.59 Å². The fourth-order valence-corrected chi connectivity index (χ4v) is 5.02. The van der Waals surface area contributed by atoms with Gasteiger partial charge in [0, 0.05) is 11.4 Å². The Labute approximate surface area is 187 Å². The first kappa shape index (κ1) is 23.3. The standard InChI is InChI=1S/C24H26N2O5S/c1-15-6-7-19(13-16(15)2)25-22(27)14-26-18(4)12-17(3)23(24(26)28)32(29,30)21-10-8-20(31-5)9-11-21/h6-13H,14H2,1-5H3,(H,25,27). The number of rotatable bonds is 6. The van der Waals surface area contributed by atoms with Gasteiger partial charge in [0.1, 0.15) is 17.2 Å². The monoisotopic (exact) mass is 454 g/mol. The maximum absolute atomic E-state index is 13.2. The number of sulfone groups is 1. The van der Waals surface area contributed by atoms with Crippen molar-refractivity contribution in [2.24, 2.45) is 0 Å². The molecule has 0 spiro atoms. The van der Waals surface area contributed by atoms with Crippen molar-refractivity contribution in [2.75, 3.05) is 12.4 Å². The largest absolute Gasteiger partial charge is 0.497 e. The van der Waals surface area contributed by atoms with E-state index in [1.807, 2.05) is 26.0 Å². The maximum Gasteiger partial charge on any atom is 0.270 e. The van der Waals surface area contributed by atoms with E-state index in [4.69, 9.17) is 4.74 Å². The van der Waals surface area contributed by atoms with Crippen molar-refractivity contribution in [3.63, 3.8) is 0 Å². The molecule has 0 radical (unpaired) electrons. The fourth-order valence-electron chi connectivity index (χ4n) is 3.47. The van der Waals surface area contributed by atoms with Crippen LogP contribution in [0.4, 0.5) is 5.69 Å². The van der Waals surface area contributed by atoms with Gasteiger partial charge in [0.05, 0.1) is 12.0 Å².